The van der Waals surface area contributed by atoms with Gasteiger partial charge in [-0.05, 0) is 43.5 Å². The van der Waals surface area contributed by atoms with E-state index in [1.54, 1.807) is 19.2 Å². The molecule has 0 aliphatic heterocycles. The maximum Gasteiger partial charge on any atom is 0.204 e. The molecule has 0 aliphatic rings. The van der Waals surface area contributed by atoms with E-state index in [1.165, 1.54) is 0 Å². The summed E-state index contributed by atoms with van der Waals surface area (Å²) in [5.74, 6) is 2.50. The zero-order chi connectivity index (χ0) is 17.7. The van der Waals surface area contributed by atoms with Crippen molar-refractivity contribution in [3.63, 3.8) is 0 Å². The Balaban J connectivity index is 2.54. The van der Waals surface area contributed by atoms with Crippen molar-refractivity contribution in [3.05, 3.63) is 47.5 Å². The van der Waals surface area contributed by atoms with Gasteiger partial charge >= 0.3 is 0 Å². The van der Waals surface area contributed by atoms with Crippen molar-refractivity contribution >= 4 is 6.29 Å². The van der Waals surface area contributed by atoms with Crippen molar-refractivity contribution < 1.29 is 19.0 Å². The Labute approximate surface area is 143 Å². The Kier molecular flexibility index (Phi) is 5.85. The fourth-order valence-electron chi connectivity index (χ4n) is 2.41. The first-order valence-corrected chi connectivity index (χ1v) is 8.06. The molecule has 0 spiro atoms. The third-order valence-electron chi connectivity index (χ3n) is 3.51. The Hall–Kier alpha value is -2.49. The summed E-state index contributed by atoms with van der Waals surface area (Å²) in [5, 5.41) is 0. The van der Waals surface area contributed by atoms with Gasteiger partial charge < -0.3 is 14.2 Å². The maximum atomic E-state index is 11.2. The second-order valence-corrected chi connectivity index (χ2v) is 6.13. The first-order chi connectivity index (χ1) is 11.5. The molecular weight excluding hydrogens is 304 g/mol. The predicted octanol–water partition coefficient (Wildman–Crippen LogP) is 5.21. The van der Waals surface area contributed by atoms with Crippen LogP contribution < -0.4 is 14.2 Å². The molecule has 128 valence electrons. The zero-order valence-corrected chi connectivity index (χ0v) is 14.8. The summed E-state index contributed by atoms with van der Waals surface area (Å²) in [7, 11) is 1.54. The minimum Gasteiger partial charge on any atom is -0.493 e. The molecule has 0 saturated carbocycles. The van der Waals surface area contributed by atoms with E-state index in [9.17, 15) is 4.79 Å². The van der Waals surface area contributed by atoms with Crippen molar-refractivity contribution in [1.29, 1.82) is 0 Å². The van der Waals surface area contributed by atoms with Crippen LogP contribution in [0.4, 0.5) is 0 Å². The quantitative estimate of drug-likeness (QED) is 0.654. The van der Waals surface area contributed by atoms with Gasteiger partial charge in [0.15, 0.2) is 11.5 Å². The van der Waals surface area contributed by atoms with Crippen LogP contribution in [-0.2, 0) is 0 Å². The van der Waals surface area contributed by atoms with Crippen molar-refractivity contribution in [3.8, 4) is 23.0 Å². The lowest BCUT2D eigenvalue weighted by molar-refractivity contribution is 0.112. The second kappa shape index (κ2) is 7.86. The third-order valence-corrected chi connectivity index (χ3v) is 3.51. The lowest BCUT2D eigenvalue weighted by atomic mass is 10.0. The number of hydrogen-bond donors (Lipinski definition) is 0. The van der Waals surface area contributed by atoms with E-state index in [0.717, 1.165) is 17.6 Å². The van der Waals surface area contributed by atoms with Gasteiger partial charge in [0.25, 0.3) is 0 Å². The van der Waals surface area contributed by atoms with E-state index >= 15 is 0 Å². The lowest BCUT2D eigenvalue weighted by Crippen LogP contribution is -2.08. The first-order valence-electron chi connectivity index (χ1n) is 8.06. The highest BCUT2D eigenvalue weighted by Gasteiger charge is 2.18. The number of hydrogen-bond acceptors (Lipinski definition) is 4. The standard InChI is InChI=1S/C20H24O4/c1-13(2)16-8-6-7-9-17(16)24-19-11-15(12-21)10-18(22-5)20(19)23-14(3)4/h6-14H,1-5H3. The van der Waals surface area contributed by atoms with Gasteiger partial charge in [0, 0.05) is 5.56 Å². The molecule has 24 heavy (non-hydrogen) atoms. The summed E-state index contributed by atoms with van der Waals surface area (Å²) < 4.78 is 17.4. The molecule has 0 radical (unpaired) electrons. The van der Waals surface area contributed by atoms with E-state index in [4.69, 9.17) is 14.2 Å². The molecule has 2 rings (SSSR count). The van der Waals surface area contributed by atoms with Gasteiger partial charge in [0.1, 0.15) is 12.0 Å². The van der Waals surface area contributed by atoms with Crippen molar-refractivity contribution in [2.24, 2.45) is 0 Å². The molecule has 0 aliphatic carbocycles. The van der Waals surface area contributed by atoms with Crippen LogP contribution in [0.1, 0.15) is 49.5 Å². The van der Waals surface area contributed by atoms with E-state index in [2.05, 4.69) is 13.8 Å². The minimum absolute atomic E-state index is 0.0522. The van der Waals surface area contributed by atoms with Gasteiger partial charge in [0.05, 0.1) is 13.2 Å². The predicted molar refractivity (Wildman–Crippen MR) is 94.8 cm³/mol. The minimum atomic E-state index is -0.0522. The molecule has 0 saturated heterocycles. The van der Waals surface area contributed by atoms with Gasteiger partial charge in [-0.1, -0.05) is 32.0 Å². The largest absolute Gasteiger partial charge is 0.493 e. The van der Waals surface area contributed by atoms with Crippen LogP contribution >= 0.6 is 0 Å². The summed E-state index contributed by atoms with van der Waals surface area (Å²) >= 11 is 0. The molecule has 0 N–H and O–H groups in total. The van der Waals surface area contributed by atoms with E-state index in [0.29, 0.717) is 28.7 Å². The SMILES string of the molecule is COc1cc(C=O)cc(Oc2ccccc2C(C)C)c1OC(C)C. The number of carbonyl (C=O) groups is 1. The normalized spacial score (nSPS) is 10.8. The molecule has 0 aromatic heterocycles. The maximum absolute atomic E-state index is 11.2. The van der Waals surface area contributed by atoms with Crippen molar-refractivity contribution in [1.82, 2.24) is 0 Å². The molecule has 2 aromatic rings. The summed E-state index contributed by atoms with van der Waals surface area (Å²) in [6.45, 7) is 8.07. The van der Waals surface area contributed by atoms with Crippen LogP contribution in [-0.4, -0.2) is 19.5 Å². The number of benzene rings is 2. The lowest BCUT2D eigenvalue weighted by Gasteiger charge is -2.20. The number of ether oxygens (including phenoxy) is 3. The fourth-order valence-corrected chi connectivity index (χ4v) is 2.41. The van der Waals surface area contributed by atoms with Gasteiger partial charge in [-0.2, -0.15) is 0 Å². The Morgan fingerprint density at radius 1 is 0.958 bits per heavy atom. The monoisotopic (exact) mass is 328 g/mol. The summed E-state index contributed by atoms with van der Waals surface area (Å²) in [6, 6.07) is 11.2. The molecule has 0 amide bonds. The van der Waals surface area contributed by atoms with E-state index in [-0.39, 0.29) is 6.10 Å². The molecule has 0 fully saturated rings. The van der Waals surface area contributed by atoms with Crippen LogP contribution in [0, 0.1) is 0 Å². The average molecular weight is 328 g/mol. The average Bonchev–Trinajstić information content (AvgIpc) is 2.56. The highest BCUT2D eigenvalue weighted by atomic mass is 16.5. The highest BCUT2D eigenvalue weighted by molar-refractivity contribution is 5.78. The molecule has 0 bridgehead atoms. The Morgan fingerprint density at radius 2 is 1.62 bits per heavy atom. The summed E-state index contributed by atoms with van der Waals surface area (Å²) in [4.78, 5) is 11.2. The van der Waals surface area contributed by atoms with Crippen LogP contribution in [0.3, 0.4) is 0 Å². The number of rotatable bonds is 7. The second-order valence-electron chi connectivity index (χ2n) is 6.13. The molecule has 0 heterocycles. The molecular formula is C20H24O4. The number of aldehydes is 1. The number of carbonyl (C=O) groups excluding carboxylic acids is 1. The Bertz CT molecular complexity index is 705. The van der Waals surface area contributed by atoms with E-state index in [1.807, 2.05) is 38.1 Å². The van der Waals surface area contributed by atoms with Crippen LogP contribution in [0.25, 0.3) is 0 Å². The molecule has 4 heteroatoms. The molecule has 4 nitrogen and oxygen atoms in total. The van der Waals surface area contributed by atoms with Gasteiger partial charge in [0.2, 0.25) is 5.75 Å². The molecule has 2 aromatic carbocycles. The summed E-state index contributed by atoms with van der Waals surface area (Å²) in [6.07, 6.45) is 0.715. The highest BCUT2D eigenvalue weighted by Crippen LogP contribution is 2.42. The van der Waals surface area contributed by atoms with Crippen LogP contribution in [0.5, 0.6) is 23.0 Å². The third kappa shape index (κ3) is 4.07. The molecule has 0 atom stereocenters. The van der Waals surface area contributed by atoms with Gasteiger partial charge in [-0.25, -0.2) is 0 Å². The van der Waals surface area contributed by atoms with E-state index < -0.39 is 0 Å². The smallest absolute Gasteiger partial charge is 0.204 e. The Morgan fingerprint density at radius 3 is 2.21 bits per heavy atom. The number of para-hydroxylation sites is 1. The molecule has 0 unspecified atom stereocenters. The van der Waals surface area contributed by atoms with Crippen LogP contribution in [0.15, 0.2) is 36.4 Å². The first kappa shape index (κ1) is 17.9. The van der Waals surface area contributed by atoms with Crippen molar-refractivity contribution in [2.45, 2.75) is 39.7 Å². The summed E-state index contributed by atoms with van der Waals surface area (Å²) in [5.41, 5.74) is 1.56. The zero-order valence-electron chi connectivity index (χ0n) is 14.8. The van der Waals surface area contributed by atoms with Gasteiger partial charge in [-0.3, -0.25) is 4.79 Å². The fraction of sp³-hybridized carbons (Fsp3) is 0.350. The van der Waals surface area contributed by atoms with Crippen molar-refractivity contribution in [2.75, 3.05) is 7.11 Å². The van der Waals surface area contributed by atoms with Crippen LogP contribution in [0.2, 0.25) is 0 Å². The topological polar surface area (TPSA) is 44.8 Å². The number of methoxy groups -OCH3 is 1. The van der Waals surface area contributed by atoms with Gasteiger partial charge in [-0.15, -0.1) is 0 Å².